The number of hydrogen-bond donors (Lipinski definition) is 0. The third-order valence-electron chi connectivity index (χ3n) is 1.43. The first-order valence-electron chi connectivity index (χ1n) is 2.64. The molecular weight excluding hydrogens is 106 g/mol. The molecule has 1 heterocycles. The van der Waals surface area contributed by atoms with Crippen molar-refractivity contribution in [2.24, 2.45) is 4.36 Å². The average molecular weight is 117 g/mol. The van der Waals surface area contributed by atoms with Crippen LogP contribution in [0.2, 0.25) is 0 Å². The fraction of sp³-hybridized carbons (Fsp3) is 1.00. The Bertz CT molecular complexity index is 98.3. The van der Waals surface area contributed by atoms with Gasteiger partial charge in [0.05, 0.1) is 0 Å². The fourth-order valence-electron chi connectivity index (χ4n) is 0.730. The topological polar surface area (TPSA) is 12.4 Å². The summed E-state index contributed by atoms with van der Waals surface area (Å²) < 4.78 is 4.20. The van der Waals surface area contributed by atoms with Gasteiger partial charge in [-0.1, -0.05) is 17.6 Å². The van der Waals surface area contributed by atoms with Crippen LogP contribution < -0.4 is 0 Å². The molecule has 42 valence electrons. The molecule has 1 nitrogen and oxygen atoms in total. The summed E-state index contributed by atoms with van der Waals surface area (Å²) in [5.74, 6) is 1.36. The Morgan fingerprint density at radius 2 is 2.43 bits per heavy atom. The maximum Gasteiger partial charge on any atom is 0.0346 e. The summed E-state index contributed by atoms with van der Waals surface area (Å²) in [5, 5.41) is 0.907. The van der Waals surface area contributed by atoms with Gasteiger partial charge in [0, 0.05) is 18.1 Å². The van der Waals surface area contributed by atoms with Crippen molar-refractivity contribution in [1.29, 1.82) is 0 Å². The smallest absolute Gasteiger partial charge is 0.0346 e. The Morgan fingerprint density at radius 3 is 2.43 bits per heavy atom. The van der Waals surface area contributed by atoms with Crippen LogP contribution in [0, 0.1) is 0 Å². The Morgan fingerprint density at radius 1 is 1.71 bits per heavy atom. The standard InChI is InChI=1S/C5H11NS/c1-5-3-4-7(5)6-2/h5H,3-4H2,1-2H3. The number of rotatable bonds is 0. The van der Waals surface area contributed by atoms with Gasteiger partial charge in [-0.15, -0.1) is 0 Å². The predicted molar refractivity (Wildman–Crippen MR) is 34.7 cm³/mol. The fourth-order valence-corrected chi connectivity index (χ4v) is 2.19. The van der Waals surface area contributed by atoms with Crippen LogP contribution in [0.4, 0.5) is 0 Å². The van der Waals surface area contributed by atoms with E-state index in [0.717, 1.165) is 5.25 Å². The molecule has 0 aliphatic carbocycles. The lowest BCUT2D eigenvalue weighted by Crippen LogP contribution is -2.26. The van der Waals surface area contributed by atoms with Gasteiger partial charge in [0.2, 0.25) is 0 Å². The third-order valence-corrected chi connectivity index (χ3v) is 3.72. The van der Waals surface area contributed by atoms with Crippen molar-refractivity contribution in [1.82, 2.24) is 0 Å². The zero-order chi connectivity index (χ0) is 5.28. The molecule has 1 fully saturated rings. The molecule has 2 atom stereocenters. The van der Waals surface area contributed by atoms with Gasteiger partial charge in [0.15, 0.2) is 0 Å². The molecule has 0 aromatic heterocycles. The first-order valence-corrected chi connectivity index (χ1v) is 4.05. The Hall–Kier alpha value is 0.150. The predicted octanol–water partition coefficient (Wildman–Crippen LogP) is 1.21. The van der Waals surface area contributed by atoms with Crippen LogP contribution in [0.5, 0.6) is 0 Å². The molecule has 1 rings (SSSR count). The highest BCUT2D eigenvalue weighted by Crippen LogP contribution is 2.16. The van der Waals surface area contributed by atoms with E-state index in [1.807, 2.05) is 7.05 Å². The van der Waals surface area contributed by atoms with E-state index in [4.69, 9.17) is 0 Å². The highest BCUT2D eigenvalue weighted by molar-refractivity contribution is 7.89. The SMILES string of the molecule is C/N=S1\CCC1C. The summed E-state index contributed by atoms with van der Waals surface area (Å²) in [5.41, 5.74) is 0. The zero-order valence-corrected chi connectivity index (χ0v) is 5.66. The minimum atomic E-state index is 0.477. The second-order valence-corrected chi connectivity index (χ2v) is 4.27. The normalized spacial score (nSPS) is 40.9. The molecule has 0 saturated carbocycles. The van der Waals surface area contributed by atoms with Crippen LogP contribution in [0.15, 0.2) is 4.36 Å². The average Bonchev–Trinajstić information content (AvgIpc) is 1.65. The van der Waals surface area contributed by atoms with Crippen LogP contribution in [-0.4, -0.2) is 18.1 Å². The van der Waals surface area contributed by atoms with Crippen LogP contribution in [0.25, 0.3) is 0 Å². The molecule has 0 aromatic rings. The second kappa shape index (κ2) is 1.95. The first-order chi connectivity index (χ1) is 3.34. The highest BCUT2D eigenvalue weighted by atomic mass is 32.2. The third kappa shape index (κ3) is 0.852. The van der Waals surface area contributed by atoms with Gasteiger partial charge >= 0.3 is 0 Å². The molecule has 7 heavy (non-hydrogen) atoms. The van der Waals surface area contributed by atoms with Gasteiger partial charge in [0.1, 0.15) is 0 Å². The molecule has 2 unspecified atom stereocenters. The summed E-state index contributed by atoms with van der Waals surface area (Å²) in [6, 6.07) is 0. The summed E-state index contributed by atoms with van der Waals surface area (Å²) in [6.07, 6.45) is 1.40. The molecule has 0 amide bonds. The van der Waals surface area contributed by atoms with Gasteiger partial charge in [-0.05, 0) is 6.42 Å². The van der Waals surface area contributed by atoms with E-state index in [1.54, 1.807) is 0 Å². The van der Waals surface area contributed by atoms with E-state index in [2.05, 4.69) is 11.3 Å². The zero-order valence-electron chi connectivity index (χ0n) is 4.85. The van der Waals surface area contributed by atoms with Crippen molar-refractivity contribution in [2.45, 2.75) is 18.6 Å². The Balaban J connectivity index is 2.44. The lowest BCUT2D eigenvalue weighted by molar-refractivity contribution is 0.845. The van der Waals surface area contributed by atoms with Crippen LogP contribution in [0.1, 0.15) is 13.3 Å². The molecule has 0 radical (unpaired) electrons. The molecule has 0 bridgehead atoms. The van der Waals surface area contributed by atoms with Gasteiger partial charge in [-0.2, -0.15) is 0 Å². The van der Waals surface area contributed by atoms with E-state index in [9.17, 15) is 0 Å². The van der Waals surface area contributed by atoms with Crippen LogP contribution in [-0.2, 0) is 10.7 Å². The molecule has 0 spiro atoms. The molecule has 1 aliphatic rings. The summed E-state index contributed by atoms with van der Waals surface area (Å²) in [4.78, 5) is 0. The lowest BCUT2D eigenvalue weighted by Gasteiger charge is -2.24. The van der Waals surface area contributed by atoms with Crippen molar-refractivity contribution in [3.63, 3.8) is 0 Å². The van der Waals surface area contributed by atoms with Crippen molar-refractivity contribution in [2.75, 3.05) is 12.8 Å². The van der Waals surface area contributed by atoms with Gasteiger partial charge in [0.25, 0.3) is 0 Å². The van der Waals surface area contributed by atoms with Gasteiger partial charge in [-0.25, -0.2) is 0 Å². The minimum Gasteiger partial charge on any atom is -0.268 e. The summed E-state index contributed by atoms with van der Waals surface area (Å²) >= 11 is 0. The van der Waals surface area contributed by atoms with Crippen molar-refractivity contribution in [3.8, 4) is 0 Å². The van der Waals surface area contributed by atoms with Crippen molar-refractivity contribution >= 4 is 10.7 Å². The monoisotopic (exact) mass is 117 g/mol. The molecular formula is C5H11NS. The Labute approximate surface area is 47.2 Å². The summed E-state index contributed by atoms with van der Waals surface area (Å²) in [6.45, 7) is 2.28. The quantitative estimate of drug-likeness (QED) is 0.452. The number of hydrogen-bond acceptors (Lipinski definition) is 1. The van der Waals surface area contributed by atoms with E-state index in [1.165, 1.54) is 12.2 Å². The van der Waals surface area contributed by atoms with E-state index in [-0.39, 0.29) is 0 Å². The van der Waals surface area contributed by atoms with Crippen LogP contribution in [0.3, 0.4) is 0 Å². The van der Waals surface area contributed by atoms with Crippen molar-refractivity contribution in [3.05, 3.63) is 0 Å². The maximum absolute atomic E-state index is 4.20. The largest absolute Gasteiger partial charge is 0.268 e. The van der Waals surface area contributed by atoms with Crippen LogP contribution >= 0.6 is 0 Å². The van der Waals surface area contributed by atoms with Gasteiger partial charge in [-0.3, -0.25) is 4.36 Å². The first kappa shape index (κ1) is 5.29. The minimum absolute atomic E-state index is 0.477. The molecule has 1 saturated heterocycles. The summed E-state index contributed by atoms with van der Waals surface area (Å²) in [7, 11) is 2.41. The molecule has 2 heteroatoms. The number of nitrogens with zero attached hydrogens (tertiary/aromatic N) is 1. The van der Waals surface area contributed by atoms with E-state index in [0.29, 0.717) is 10.7 Å². The van der Waals surface area contributed by atoms with E-state index < -0.39 is 0 Å². The van der Waals surface area contributed by atoms with Gasteiger partial charge < -0.3 is 0 Å². The molecule has 1 aliphatic heterocycles. The lowest BCUT2D eigenvalue weighted by atomic mass is 10.3. The molecule has 0 N–H and O–H groups in total. The Kier molecular flexibility index (Phi) is 1.47. The maximum atomic E-state index is 4.20. The molecule has 0 aromatic carbocycles. The highest BCUT2D eigenvalue weighted by Gasteiger charge is 2.17. The van der Waals surface area contributed by atoms with E-state index >= 15 is 0 Å². The second-order valence-electron chi connectivity index (χ2n) is 1.89. The van der Waals surface area contributed by atoms with Crippen molar-refractivity contribution < 1.29 is 0 Å².